The SMILES string of the molecule is O=C(c1cc(F)ccc1Br)N1CCN(c2ccc([N+](=O)[O-])cc2)CC1. The van der Waals surface area contributed by atoms with E-state index in [-0.39, 0.29) is 11.6 Å². The minimum Gasteiger partial charge on any atom is -0.368 e. The Morgan fingerprint density at radius 1 is 1.08 bits per heavy atom. The number of carbonyl (C=O) groups is 1. The van der Waals surface area contributed by atoms with Crippen molar-refractivity contribution in [2.24, 2.45) is 0 Å². The van der Waals surface area contributed by atoms with Crippen LogP contribution in [0, 0.1) is 15.9 Å². The first-order valence-electron chi connectivity index (χ1n) is 7.69. The highest BCUT2D eigenvalue weighted by Crippen LogP contribution is 2.23. The molecule has 130 valence electrons. The van der Waals surface area contributed by atoms with Gasteiger partial charge in [-0.25, -0.2) is 4.39 Å². The fourth-order valence-electron chi connectivity index (χ4n) is 2.78. The summed E-state index contributed by atoms with van der Waals surface area (Å²) in [7, 11) is 0. The molecule has 1 aliphatic heterocycles. The van der Waals surface area contributed by atoms with Crippen LogP contribution in [0.25, 0.3) is 0 Å². The van der Waals surface area contributed by atoms with Crippen LogP contribution < -0.4 is 4.90 Å². The summed E-state index contributed by atoms with van der Waals surface area (Å²) in [4.78, 5) is 26.6. The standard InChI is InChI=1S/C17H15BrFN3O3/c18-16-6-1-12(19)11-15(16)17(23)21-9-7-20(8-10-21)13-2-4-14(5-3-13)22(24)25/h1-6,11H,7-10H2. The maximum atomic E-state index is 13.4. The van der Waals surface area contributed by atoms with Crippen LogP contribution in [0.3, 0.4) is 0 Å². The second kappa shape index (κ2) is 7.18. The highest BCUT2D eigenvalue weighted by atomic mass is 79.9. The number of nitro groups is 1. The third kappa shape index (κ3) is 3.79. The van der Waals surface area contributed by atoms with Crippen LogP contribution in [-0.4, -0.2) is 41.9 Å². The molecule has 1 aliphatic rings. The third-order valence-corrected chi connectivity index (χ3v) is 4.84. The van der Waals surface area contributed by atoms with Gasteiger partial charge in [0, 0.05) is 48.5 Å². The van der Waals surface area contributed by atoms with Gasteiger partial charge in [-0.15, -0.1) is 0 Å². The van der Waals surface area contributed by atoms with Crippen LogP contribution in [0.4, 0.5) is 15.8 Å². The van der Waals surface area contributed by atoms with E-state index in [1.807, 2.05) is 0 Å². The number of rotatable bonds is 3. The van der Waals surface area contributed by atoms with Gasteiger partial charge in [-0.2, -0.15) is 0 Å². The Kier molecular flexibility index (Phi) is 4.98. The molecule has 0 unspecified atom stereocenters. The second-order valence-electron chi connectivity index (χ2n) is 5.68. The Bertz CT molecular complexity index is 805. The lowest BCUT2D eigenvalue weighted by atomic mass is 10.1. The lowest BCUT2D eigenvalue weighted by Crippen LogP contribution is -2.48. The predicted molar refractivity (Wildman–Crippen MR) is 95.3 cm³/mol. The first-order valence-corrected chi connectivity index (χ1v) is 8.49. The van der Waals surface area contributed by atoms with E-state index in [0.717, 1.165) is 5.69 Å². The summed E-state index contributed by atoms with van der Waals surface area (Å²) in [6.45, 7) is 2.21. The van der Waals surface area contributed by atoms with Gasteiger partial charge in [0.1, 0.15) is 5.82 Å². The lowest BCUT2D eigenvalue weighted by Gasteiger charge is -2.36. The molecular weight excluding hydrogens is 393 g/mol. The summed E-state index contributed by atoms with van der Waals surface area (Å²) in [5, 5.41) is 10.7. The molecular formula is C17H15BrFN3O3. The van der Waals surface area contributed by atoms with Gasteiger partial charge in [-0.1, -0.05) is 0 Å². The van der Waals surface area contributed by atoms with E-state index >= 15 is 0 Å². The van der Waals surface area contributed by atoms with Crippen LogP contribution in [0.5, 0.6) is 0 Å². The zero-order valence-electron chi connectivity index (χ0n) is 13.2. The monoisotopic (exact) mass is 407 g/mol. The summed E-state index contributed by atoms with van der Waals surface area (Å²) in [5.74, 6) is -0.661. The molecule has 0 aromatic heterocycles. The molecule has 0 spiro atoms. The molecule has 1 heterocycles. The van der Waals surface area contributed by atoms with E-state index in [4.69, 9.17) is 0 Å². The van der Waals surface area contributed by atoms with Gasteiger partial charge in [-0.05, 0) is 46.3 Å². The number of nitrogens with zero attached hydrogens (tertiary/aromatic N) is 3. The average Bonchev–Trinajstić information content (AvgIpc) is 2.63. The number of carbonyl (C=O) groups excluding carboxylic acids is 1. The number of anilines is 1. The summed E-state index contributed by atoms with van der Waals surface area (Å²) in [5.41, 5.74) is 1.24. The molecule has 0 N–H and O–H groups in total. The molecule has 25 heavy (non-hydrogen) atoms. The number of piperazine rings is 1. The van der Waals surface area contributed by atoms with Crippen LogP contribution in [-0.2, 0) is 0 Å². The predicted octanol–water partition coefficient (Wildman–Crippen LogP) is 3.46. The van der Waals surface area contributed by atoms with Gasteiger partial charge < -0.3 is 9.80 Å². The number of hydrogen-bond donors (Lipinski definition) is 0. The van der Waals surface area contributed by atoms with Crippen molar-refractivity contribution in [1.82, 2.24) is 4.90 Å². The molecule has 0 bridgehead atoms. The maximum Gasteiger partial charge on any atom is 0.269 e. The highest BCUT2D eigenvalue weighted by Gasteiger charge is 2.24. The van der Waals surface area contributed by atoms with E-state index in [0.29, 0.717) is 36.2 Å². The molecule has 1 fully saturated rings. The van der Waals surface area contributed by atoms with Gasteiger partial charge in [0.05, 0.1) is 10.5 Å². The molecule has 1 amide bonds. The summed E-state index contributed by atoms with van der Waals surface area (Å²) in [6.07, 6.45) is 0. The summed E-state index contributed by atoms with van der Waals surface area (Å²) >= 11 is 3.29. The van der Waals surface area contributed by atoms with Crippen molar-refractivity contribution in [3.05, 3.63) is 68.4 Å². The number of benzene rings is 2. The Morgan fingerprint density at radius 2 is 1.72 bits per heavy atom. The largest absolute Gasteiger partial charge is 0.368 e. The number of amides is 1. The fourth-order valence-corrected chi connectivity index (χ4v) is 3.20. The minimum atomic E-state index is -0.448. The van der Waals surface area contributed by atoms with E-state index < -0.39 is 10.7 Å². The van der Waals surface area contributed by atoms with Gasteiger partial charge in [0.15, 0.2) is 0 Å². The third-order valence-electron chi connectivity index (χ3n) is 4.15. The molecule has 2 aromatic carbocycles. The fraction of sp³-hybridized carbons (Fsp3) is 0.235. The van der Waals surface area contributed by atoms with Crippen molar-refractivity contribution < 1.29 is 14.1 Å². The highest BCUT2D eigenvalue weighted by molar-refractivity contribution is 9.10. The number of non-ortho nitro benzene ring substituents is 1. The molecule has 1 saturated heterocycles. The lowest BCUT2D eigenvalue weighted by molar-refractivity contribution is -0.384. The van der Waals surface area contributed by atoms with Gasteiger partial charge in [-0.3, -0.25) is 14.9 Å². The van der Waals surface area contributed by atoms with Crippen molar-refractivity contribution in [1.29, 1.82) is 0 Å². The molecule has 0 saturated carbocycles. The number of halogens is 2. The Hall–Kier alpha value is -2.48. The second-order valence-corrected chi connectivity index (χ2v) is 6.53. The minimum absolute atomic E-state index is 0.0496. The Balaban J connectivity index is 1.66. The average molecular weight is 408 g/mol. The smallest absolute Gasteiger partial charge is 0.269 e. The molecule has 3 rings (SSSR count). The normalized spacial score (nSPS) is 14.5. The zero-order valence-corrected chi connectivity index (χ0v) is 14.8. The van der Waals surface area contributed by atoms with Gasteiger partial charge in [0.25, 0.3) is 11.6 Å². The topological polar surface area (TPSA) is 66.7 Å². The van der Waals surface area contributed by atoms with Crippen LogP contribution >= 0.6 is 15.9 Å². The van der Waals surface area contributed by atoms with Crippen molar-refractivity contribution in [3.8, 4) is 0 Å². The van der Waals surface area contributed by atoms with E-state index in [1.54, 1.807) is 17.0 Å². The Morgan fingerprint density at radius 3 is 2.32 bits per heavy atom. The summed E-state index contributed by atoms with van der Waals surface area (Å²) < 4.78 is 14.0. The number of nitro benzene ring substituents is 1. The molecule has 0 aliphatic carbocycles. The van der Waals surface area contributed by atoms with E-state index in [9.17, 15) is 19.3 Å². The van der Waals surface area contributed by atoms with Gasteiger partial charge >= 0.3 is 0 Å². The van der Waals surface area contributed by atoms with Crippen molar-refractivity contribution in [2.45, 2.75) is 0 Å². The molecule has 0 atom stereocenters. The molecule has 0 radical (unpaired) electrons. The van der Waals surface area contributed by atoms with Crippen LogP contribution in [0.2, 0.25) is 0 Å². The van der Waals surface area contributed by atoms with Crippen molar-refractivity contribution in [3.63, 3.8) is 0 Å². The van der Waals surface area contributed by atoms with Crippen LogP contribution in [0.15, 0.2) is 46.9 Å². The van der Waals surface area contributed by atoms with Crippen molar-refractivity contribution in [2.75, 3.05) is 31.1 Å². The Labute approximate surface area is 152 Å². The quantitative estimate of drug-likeness (QED) is 0.577. The summed E-state index contributed by atoms with van der Waals surface area (Å²) in [6, 6.07) is 10.4. The van der Waals surface area contributed by atoms with Crippen molar-refractivity contribution >= 4 is 33.2 Å². The maximum absolute atomic E-state index is 13.4. The van der Waals surface area contributed by atoms with E-state index in [1.165, 1.54) is 30.3 Å². The van der Waals surface area contributed by atoms with Crippen LogP contribution in [0.1, 0.15) is 10.4 Å². The first-order chi connectivity index (χ1) is 12.0. The zero-order chi connectivity index (χ0) is 18.0. The number of hydrogen-bond acceptors (Lipinski definition) is 4. The molecule has 2 aromatic rings. The molecule has 8 heteroatoms. The van der Waals surface area contributed by atoms with Gasteiger partial charge in [0.2, 0.25) is 0 Å². The first kappa shape index (κ1) is 17.3. The molecule has 6 nitrogen and oxygen atoms in total. The van der Waals surface area contributed by atoms with E-state index in [2.05, 4.69) is 20.8 Å².